The second-order valence-electron chi connectivity index (χ2n) is 7.07. The maximum Gasteiger partial charge on any atom is 0.0621 e. The molecule has 0 saturated heterocycles. The highest BCUT2D eigenvalue weighted by molar-refractivity contribution is 6.31. The zero-order valence-electron chi connectivity index (χ0n) is 13.7. The standard InChI is InChI=1S/C18H29ClN2/c1-4-10-21-17(12-14-8-11-20-13-16(14)19)15-7-5-6-9-18(15,2)3/h8,11,13,15,17,21H,4-7,9-10,12H2,1-3H3. The van der Waals surface area contributed by atoms with Gasteiger partial charge in [-0.1, -0.05) is 45.2 Å². The molecule has 3 heteroatoms. The lowest BCUT2D eigenvalue weighted by atomic mass is 9.65. The smallest absolute Gasteiger partial charge is 0.0621 e. The van der Waals surface area contributed by atoms with Crippen molar-refractivity contribution in [2.45, 2.75) is 65.3 Å². The number of hydrogen-bond acceptors (Lipinski definition) is 2. The van der Waals surface area contributed by atoms with Crippen LogP contribution in [0.5, 0.6) is 0 Å². The summed E-state index contributed by atoms with van der Waals surface area (Å²) in [6.07, 6.45) is 11.2. The van der Waals surface area contributed by atoms with Crippen LogP contribution in [0.4, 0.5) is 0 Å². The van der Waals surface area contributed by atoms with Crippen LogP contribution in [0.1, 0.15) is 58.4 Å². The van der Waals surface area contributed by atoms with E-state index in [1.807, 2.05) is 6.20 Å². The van der Waals surface area contributed by atoms with Gasteiger partial charge in [-0.05, 0) is 55.2 Å². The number of aromatic nitrogens is 1. The van der Waals surface area contributed by atoms with Gasteiger partial charge in [-0.15, -0.1) is 0 Å². The van der Waals surface area contributed by atoms with Crippen LogP contribution in [-0.2, 0) is 6.42 Å². The van der Waals surface area contributed by atoms with Gasteiger partial charge in [0.25, 0.3) is 0 Å². The van der Waals surface area contributed by atoms with E-state index in [0.717, 1.165) is 23.9 Å². The molecule has 1 aromatic heterocycles. The molecule has 2 unspecified atom stereocenters. The summed E-state index contributed by atoms with van der Waals surface area (Å²) >= 11 is 6.32. The predicted molar refractivity (Wildman–Crippen MR) is 90.8 cm³/mol. The maximum atomic E-state index is 6.32. The van der Waals surface area contributed by atoms with Gasteiger partial charge in [0.15, 0.2) is 0 Å². The summed E-state index contributed by atoms with van der Waals surface area (Å²) < 4.78 is 0. The molecule has 1 fully saturated rings. The van der Waals surface area contributed by atoms with Crippen LogP contribution in [0, 0.1) is 11.3 Å². The molecule has 1 aliphatic rings. The first-order chi connectivity index (χ1) is 10.0. The van der Waals surface area contributed by atoms with Gasteiger partial charge in [0, 0.05) is 18.4 Å². The molecular formula is C18H29ClN2. The predicted octanol–water partition coefficient (Wildman–Crippen LogP) is 4.86. The number of halogens is 1. The highest BCUT2D eigenvalue weighted by Crippen LogP contribution is 2.43. The molecule has 1 N–H and O–H groups in total. The summed E-state index contributed by atoms with van der Waals surface area (Å²) in [7, 11) is 0. The van der Waals surface area contributed by atoms with Crippen molar-refractivity contribution in [3.63, 3.8) is 0 Å². The van der Waals surface area contributed by atoms with E-state index in [0.29, 0.717) is 11.5 Å². The summed E-state index contributed by atoms with van der Waals surface area (Å²) in [5.74, 6) is 0.724. The molecule has 2 atom stereocenters. The number of pyridine rings is 1. The fraction of sp³-hybridized carbons (Fsp3) is 0.722. The van der Waals surface area contributed by atoms with Crippen molar-refractivity contribution in [3.8, 4) is 0 Å². The summed E-state index contributed by atoms with van der Waals surface area (Å²) in [6.45, 7) is 8.19. The zero-order valence-corrected chi connectivity index (χ0v) is 14.4. The van der Waals surface area contributed by atoms with E-state index < -0.39 is 0 Å². The van der Waals surface area contributed by atoms with E-state index in [1.54, 1.807) is 6.20 Å². The average molecular weight is 309 g/mol. The number of rotatable bonds is 6. The molecule has 0 bridgehead atoms. The molecule has 0 aromatic carbocycles. The van der Waals surface area contributed by atoms with Gasteiger partial charge >= 0.3 is 0 Å². The lowest BCUT2D eigenvalue weighted by Crippen LogP contribution is -2.46. The molecule has 1 saturated carbocycles. The monoisotopic (exact) mass is 308 g/mol. The Bertz CT molecular complexity index is 445. The molecule has 2 rings (SSSR count). The number of nitrogens with zero attached hydrogens (tertiary/aromatic N) is 1. The van der Waals surface area contributed by atoms with Crippen molar-refractivity contribution >= 4 is 11.6 Å². The van der Waals surface area contributed by atoms with Crippen molar-refractivity contribution < 1.29 is 0 Å². The molecule has 21 heavy (non-hydrogen) atoms. The van der Waals surface area contributed by atoms with Gasteiger partial charge in [-0.2, -0.15) is 0 Å². The third-order valence-electron chi connectivity index (χ3n) is 5.03. The van der Waals surface area contributed by atoms with Crippen LogP contribution in [-0.4, -0.2) is 17.6 Å². The highest BCUT2D eigenvalue weighted by atomic mass is 35.5. The largest absolute Gasteiger partial charge is 0.313 e. The van der Waals surface area contributed by atoms with Crippen molar-refractivity contribution in [3.05, 3.63) is 29.0 Å². The minimum atomic E-state index is 0.420. The number of nitrogens with one attached hydrogen (secondary N) is 1. The third-order valence-corrected chi connectivity index (χ3v) is 5.37. The maximum absolute atomic E-state index is 6.32. The van der Waals surface area contributed by atoms with E-state index >= 15 is 0 Å². The summed E-state index contributed by atoms with van der Waals surface area (Å²) in [6, 6.07) is 2.58. The highest BCUT2D eigenvalue weighted by Gasteiger charge is 2.37. The first-order valence-electron chi connectivity index (χ1n) is 8.36. The van der Waals surface area contributed by atoms with E-state index in [1.165, 1.54) is 37.7 Å². The quantitative estimate of drug-likeness (QED) is 0.811. The molecule has 1 aromatic rings. The van der Waals surface area contributed by atoms with Crippen LogP contribution in [0.3, 0.4) is 0 Å². The summed E-state index contributed by atoms with van der Waals surface area (Å²) in [5.41, 5.74) is 1.64. The zero-order chi connectivity index (χ0) is 15.3. The van der Waals surface area contributed by atoms with Crippen LogP contribution in [0.25, 0.3) is 0 Å². The van der Waals surface area contributed by atoms with E-state index in [-0.39, 0.29) is 0 Å². The van der Waals surface area contributed by atoms with Gasteiger partial charge in [0.1, 0.15) is 0 Å². The average Bonchev–Trinajstić information content (AvgIpc) is 2.45. The van der Waals surface area contributed by atoms with Crippen molar-refractivity contribution in [2.75, 3.05) is 6.54 Å². The minimum absolute atomic E-state index is 0.420. The number of hydrogen-bond donors (Lipinski definition) is 1. The molecule has 1 aliphatic carbocycles. The van der Waals surface area contributed by atoms with E-state index in [2.05, 4.69) is 37.1 Å². The minimum Gasteiger partial charge on any atom is -0.313 e. The fourth-order valence-corrected chi connectivity index (χ4v) is 3.96. The Kier molecular flexibility index (Phi) is 6.07. The van der Waals surface area contributed by atoms with Gasteiger partial charge in [0.2, 0.25) is 0 Å². The SMILES string of the molecule is CCCNC(Cc1ccncc1Cl)C1CCCCC1(C)C. The summed E-state index contributed by atoms with van der Waals surface area (Å²) in [5, 5.41) is 4.59. The van der Waals surface area contributed by atoms with Gasteiger partial charge < -0.3 is 5.32 Å². The molecule has 0 aliphatic heterocycles. The Balaban J connectivity index is 2.15. The lowest BCUT2D eigenvalue weighted by Gasteiger charge is -2.44. The summed E-state index contributed by atoms with van der Waals surface area (Å²) in [4.78, 5) is 4.10. The molecule has 0 amide bonds. The Hall–Kier alpha value is -0.600. The molecule has 2 nitrogen and oxygen atoms in total. The second kappa shape index (κ2) is 7.60. The molecule has 0 spiro atoms. The van der Waals surface area contributed by atoms with Crippen LogP contribution in [0.15, 0.2) is 18.5 Å². The van der Waals surface area contributed by atoms with Crippen molar-refractivity contribution in [1.82, 2.24) is 10.3 Å². The van der Waals surface area contributed by atoms with E-state index in [4.69, 9.17) is 11.6 Å². The Labute approximate surface area is 134 Å². The van der Waals surface area contributed by atoms with Crippen LogP contribution >= 0.6 is 11.6 Å². The van der Waals surface area contributed by atoms with Crippen LogP contribution in [0.2, 0.25) is 5.02 Å². The van der Waals surface area contributed by atoms with E-state index in [9.17, 15) is 0 Å². The Morgan fingerprint density at radius 1 is 1.43 bits per heavy atom. The topological polar surface area (TPSA) is 24.9 Å². The van der Waals surface area contributed by atoms with Gasteiger partial charge in [-0.25, -0.2) is 0 Å². The van der Waals surface area contributed by atoms with Crippen molar-refractivity contribution in [1.29, 1.82) is 0 Å². The van der Waals surface area contributed by atoms with Gasteiger partial charge in [-0.3, -0.25) is 4.98 Å². The normalized spacial score (nSPS) is 23.0. The Morgan fingerprint density at radius 3 is 2.90 bits per heavy atom. The Morgan fingerprint density at radius 2 is 2.24 bits per heavy atom. The van der Waals surface area contributed by atoms with Crippen LogP contribution < -0.4 is 5.32 Å². The second-order valence-corrected chi connectivity index (χ2v) is 7.48. The lowest BCUT2D eigenvalue weighted by molar-refractivity contribution is 0.0981. The first kappa shape index (κ1) is 16.8. The molecule has 118 valence electrons. The van der Waals surface area contributed by atoms with Crippen molar-refractivity contribution in [2.24, 2.45) is 11.3 Å². The molecule has 1 heterocycles. The fourth-order valence-electron chi connectivity index (χ4n) is 3.76. The van der Waals surface area contributed by atoms with Gasteiger partial charge in [0.05, 0.1) is 5.02 Å². The first-order valence-corrected chi connectivity index (χ1v) is 8.74. The molecular weight excluding hydrogens is 280 g/mol. The molecule has 0 radical (unpaired) electrons. The third kappa shape index (κ3) is 4.43.